The molecule has 6 nitrogen and oxygen atoms in total. The van der Waals surface area contributed by atoms with Gasteiger partial charge >= 0.3 is 12.0 Å². The quantitative estimate of drug-likeness (QED) is 0.682. The minimum Gasteiger partial charge on any atom is -0.481 e. The molecule has 0 radical (unpaired) electrons. The number of furan rings is 1. The number of aliphatic carboxylic acids is 1. The number of carboxylic acids is 1. The van der Waals surface area contributed by atoms with Crippen LogP contribution in [0.5, 0.6) is 0 Å². The van der Waals surface area contributed by atoms with E-state index in [1.807, 2.05) is 26.0 Å². The van der Waals surface area contributed by atoms with Gasteiger partial charge in [-0.3, -0.25) is 4.79 Å². The molecule has 1 heterocycles. The monoisotopic (exact) mass is 282 g/mol. The highest BCUT2D eigenvalue weighted by molar-refractivity contribution is 5.73. The summed E-state index contributed by atoms with van der Waals surface area (Å²) >= 11 is 0. The van der Waals surface area contributed by atoms with E-state index in [0.717, 1.165) is 12.2 Å². The van der Waals surface area contributed by atoms with Gasteiger partial charge in [-0.15, -0.1) is 0 Å². The van der Waals surface area contributed by atoms with Crippen LogP contribution < -0.4 is 10.6 Å². The van der Waals surface area contributed by atoms with Crippen molar-refractivity contribution in [3.05, 3.63) is 23.7 Å². The summed E-state index contributed by atoms with van der Waals surface area (Å²) in [6.07, 6.45) is 1.57. The number of carbonyl (C=O) groups is 2. The van der Waals surface area contributed by atoms with Crippen molar-refractivity contribution in [3.63, 3.8) is 0 Å². The summed E-state index contributed by atoms with van der Waals surface area (Å²) in [5.74, 6) is 1.03. The minimum atomic E-state index is -0.781. The second kappa shape index (κ2) is 8.24. The maximum Gasteiger partial charge on any atom is 0.315 e. The maximum atomic E-state index is 11.5. The van der Waals surface area contributed by atoms with Gasteiger partial charge in [0, 0.05) is 13.0 Å². The molecular weight excluding hydrogens is 260 g/mol. The summed E-state index contributed by atoms with van der Waals surface area (Å²) in [6, 6.07) is 3.42. The summed E-state index contributed by atoms with van der Waals surface area (Å²) in [4.78, 5) is 21.9. The molecule has 2 amide bonds. The first-order valence-electron chi connectivity index (χ1n) is 6.76. The number of carbonyl (C=O) groups excluding carboxylic acids is 1. The van der Waals surface area contributed by atoms with Crippen molar-refractivity contribution < 1.29 is 19.1 Å². The molecule has 112 valence electrons. The van der Waals surface area contributed by atoms with Crippen LogP contribution in [0.25, 0.3) is 0 Å². The number of urea groups is 1. The fourth-order valence-corrected chi connectivity index (χ4v) is 1.76. The van der Waals surface area contributed by atoms with Crippen LogP contribution in [0.2, 0.25) is 0 Å². The maximum absolute atomic E-state index is 11.5. The SMILES string of the molecule is Cc1ccc(CNC(=O)NCCC(C)CCC(=O)O)o1. The first-order chi connectivity index (χ1) is 9.47. The molecule has 6 heteroatoms. The van der Waals surface area contributed by atoms with Gasteiger partial charge in [0.1, 0.15) is 11.5 Å². The number of nitrogens with one attached hydrogen (secondary N) is 2. The van der Waals surface area contributed by atoms with Crippen LogP contribution in [0.3, 0.4) is 0 Å². The van der Waals surface area contributed by atoms with Crippen LogP contribution in [0.1, 0.15) is 37.7 Å². The Morgan fingerprint density at radius 3 is 2.65 bits per heavy atom. The van der Waals surface area contributed by atoms with E-state index in [4.69, 9.17) is 9.52 Å². The van der Waals surface area contributed by atoms with E-state index in [1.54, 1.807) is 0 Å². The van der Waals surface area contributed by atoms with Gasteiger partial charge in [-0.1, -0.05) is 6.92 Å². The van der Waals surface area contributed by atoms with Gasteiger partial charge in [-0.25, -0.2) is 4.79 Å². The third-order valence-electron chi connectivity index (χ3n) is 2.99. The number of aryl methyl sites for hydroxylation is 1. The predicted molar refractivity (Wildman–Crippen MR) is 74.3 cm³/mol. The molecule has 1 aromatic rings. The van der Waals surface area contributed by atoms with Crippen molar-refractivity contribution in [2.45, 2.75) is 39.7 Å². The molecule has 0 aromatic carbocycles. The van der Waals surface area contributed by atoms with E-state index in [-0.39, 0.29) is 18.4 Å². The van der Waals surface area contributed by atoms with Gasteiger partial charge in [-0.2, -0.15) is 0 Å². The second-order valence-corrected chi connectivity index (χ2v) is 4.95. The van der Waals surface area contributed by atoms with E-state index >= 15 is 0 Å². The lowest BCUT2D eigenvalue weighted by atomic mass is 10.0. The van der Waals surface area contributed by atoms with E-state index in [1.165, 1.54) is 0 Å². The lowest BCUT2D eigenvalue weighted by Crippen LogP contribution is -2.35. The Labute approximate surface area is 118 Å². The molecule has 1 aromatic heterocycles. The molecule has 1 atom stereocenters. The van der Waals surface area contributed by atoms with Gasteiger partial charge in [0.15, 0.2) is 0 Å². The van der Waals surface area contributed by atoms with E-state index in [9.17, 15) is 9.59 Å². The standard InChI is InChI=1S/C14H22N2O4/c1-10(3-6-13(17)18)7-8-15-14(19)16-9-12-5-4-11(2)20-12/h4-5,10H,3,6-9H2,1-2H3,(H,17,18)(H2,15,16,19). The van der Waals surface area contributed by atoms with Crippen molar-refractivity contribution in [1.29, 1.82) is 0 Å². The zero-order valence-corrected chi connectivity index (χ0v) is 11.9. The van der Waals surface area contributed by atoms with Gasteiger partial charge in [0.25, 0.3) is 0 Å². The number of hydrogen-bond donors (Lipinski definition) is 3. The highest BCUT2D eigenvalue weighted by Gasteiger charge is 2.07. The molecule has 0 saturated carbocycles. The Balaban J connectivity index is 2.09. The molecule has 3 N–H and O–H groups in total. The lowest BCUT2D eigenvalue weighted by molar-refractivity contribution is -0.137. The molecule has 0 fully saturated rings. The lowest BCUT2D eigenvalue weighted by Gasteiger charge is -2.11. The molecule has 0 aliphatic carbocycles. The van der Waals surface area contributed by atoms with Crippen LogP contribution in [0, 0.1) is 12.8 Å². The number of carboxylic acid groups (broad SMARTS) is 1. The summed E-state index contributed by atoms with van der Waals surface area (Å²) in [6.45, 7) is 4.72. The molecule has 1 rings (SSSR count). The molecule has 0 aliphatic rings. The van der Waals surface area contributed by atoms with Crippen molar-refractivity contribution in [2.24, 2.45) is 5.92 Å². The van der Waals surface area contributed by atoms with Crippen LogP contribution in [-0.4, -0.2) is 23.7 Å². The van der Waals surface area contributed by atoms with Gasteiger partial charge in [-0.05, 0) is 37.8 Å². The van der Waals surface area contributed by atoms with Crippen molar-refractivity contribution >= 4 is 12.0 Å². The van der Waals surface area contributed by atoms with E-state index in [2.05, 4.69) is 10.6 Å². The molecular formula is C14H22N2O4. The van der Waals surface area contributed by atoms with Gasteiger partial charge < -0.3 is 20.2 Å². The minimum absolute atomic E-state index is 0.172. The zero-order chi connectivity index (χ0) is 15.0. The Morgan fingerprint density at radius 1 is 1.30 bits per heavy atom. The Bertz CT molecular complexity index is 442. The van der Waals surface area contributed by atoms with Crippen molar-refractivity contribution in [3.8, 4) is 0 Å². The van der Waals surface area contributed by atoms with Crippen molar-refractivity contribution in [1.82, 2.24) is 10.6 Å². The molecule has 0 aliphatic heterocycles. The fourth-order valence-electron chi connectivity index (χ4n) is 1.76. The Morgan fingerprint density at radius 2 is 2.05 bits per heavy atom. The first kappa shape index (κ1) is 16.1. The van der Waals surface area contributed by atoms with Crippen molar-refractivity contribution in [2.75, 3.05) is 6.54 Å². The average molecular weight is 282 g/mol. The second-order valence-electron chi connectivity index (χ2n) is 4.95. The highest BCUT2D eigenvalue weighted by Crippen LogP contribution is 2.09. The normalized spacial score (nSPS) is 11.9. The predicted octanol–water partition coefficient (Wildman–Crippen LogP) is 2.28. The Kier molecular flexibility index (Phi) is 6.63. The first-order valence-corrected chi connectivity index (χ1v) is 6.76. The number of amides is 2. The van der Waals surface area contributed by atoms with Crippen LogP contribution in [0.15, 0.2) is 16.5 Å². The molecule has 0 saturated heterocycles. The largest absolute Gasteiger partial charge is 0.481 e. The third kappa shape index (κ3) is 6.82. The zero-order valence-electron chi connectivity index (χ0n) is 11.9. The summed E-state index contributed by atoms with van der Waals surface area (Å²) < 4.78 is 5.33. The molecule has 0 bridgehead atoms. The third-order valence-corrected chi connectivity index (χ3v) is 2.99. The fraction of sp³-hybridized carbons (Fsp3) is 0.571. The highest BCUT2D eigenvalue weighted by atomic mass is 16.4. The van der Waals surface area contributed by atoms with E-state index in [0.29, 0.717) is 25.3 Å². The van der Waals surface area contributed by atoms with Gasteiger partial charge in [0.05, 0.1) is 6.54 Å². The summed E-state index contributed by atoms with van der Waals surface area (Å²) in [5, 5.41) is 14.0. The topological polar surface area (TPSA) is 91.6 Å². The summed E-state index contributed by atoms with van der Waals surface area (Å²) in [7, 11) is 0. The Hall–Kier alpha value is -1.98. The molecule has 0 spiro atoms. The summed E-state index contributed by atoms with van der Waals surface area (Å²) in [5.41, 5.74) is 0. The number of rotatable bonds is 8. The smallest absolute Gasteiger partial charge is 0.315 e. The average Bonchev–Trinajstić information content (AvgIpc) is 2.80. The van der Waals surface area contributed by atoms with Gasteiger partial charge in [0.2, 0.25) is 0 Å². The number of hydrogen-bond acceptors (Lipinski definition) is 3. The van der Waals surface area contributed by atoms with Crippen LogP contribution in [-0.2, 0) is 11.3 Å². The van der Waals surface area contributed by atoms with E-state index < -0.39 is 5.97 Å². The van der Waals surface area contributed by atoms with Crippen LogP contribution in [0.4, 0.5) is 4.79 Å². The molecule has 20 heavy (non-hydrogen) atoms. The van der Waals surface area contributed by atoms with Crippen LogP contribution >= 0.6 is 0 Å². The molecule has 1 unspecified atom stereocenters.